The first-order valence-corrected chi connectivity index (χ1v) is 8.84. The Balaban J connectivity index is 1.67. The Morgan fingerprint density at radius 1 is 1.24 bits per heavy atom. The fourth-order valence-corrected chi connectivity index (χ4v) is 2.93. The molecule has 9 heteroatoms. The van der Waals surface area contributed by atoms with Crippen LogP contribution in [0.25, 0.3) is 11.4 Å². The van der Waals surface area contributed by atoms with E-state index in [1.54, 1.807) is 7.11 Å². The van der Waals surface area contributed by atoms with Gasteiger partial charge >= 0.3 is 0 Å². The highest BCUT2D eigenvalue weighted by Gasteiger charge is 2.14. The van der Waals surface area contributed by atoms with Crippen LogP contribution in [0.3, 0.4) is 0 Å². The molecule has 0 unspecified atom stereocenters. The molecule has 1 aromatic carbocycles. The fraction of sp³-hybridized carbons (Fsp3) is 0.375. The van der Waals surface area contributed by atoms with E-state index in [9.17, 15) is 0 Å². The third-order valence-corrected chi connectivity index (χ3v) is 4.37. The first-order chi connectivity index (χ1) is 12.1. The maximum absolute atomic E-state index is 6.11. The van der Waals surface area contributed by atoms with Crippen LogP contribution in [-0.2, 0) is 12.2 Å². The third kappa shape index (κ3) is 4.11. The van der Waals surface area contributed by atoms with E-state index < -0.39 is 0 Å². The van der Waals surface area contributed by atoms with E-state index in [2.05, 4.69) is 34.2 Å². The molecule has 0 atom stereocenters. The highest BCUT2D eigenvalue weighted by molar-refractivity contribution is 7.98. The molecule has 0 fully saturated rings. The molecule has 3 aromatic rings. The second kappa shape index (κ2) is 7.56. The zero-order chi connectivity index (χ0) is 17.8. The van der Waals surface area contributed by atoms with Crippen molar-refractivity contribution in [2.45, 2.75) is 31.2 Å². The lowest BCUT2D eigenvalue weighted by Gasteiger charge is -2.04. The molecule has 0 saturated heterocycles. The zero-order valence-electron chi connectivity index (χ0n) is 14.3. The van der Waals surface area contributed by atoms with Gasteiger partial charge in [-0.2, -0.15) is 4.98 Å². The summed E-state index contributed by atoms with van der Waals surface area (Å²) in [6, 6.07) is 7.48. The number of methoxy groups -OCH3 is 1. The molecule has 2 heterocycles. The van der Waals surface area contributed by atoms with E-state index in [-0.39, 0.29) is 0 Å². The van der Waals surface area contributed by atoms with Crippen molar-refractivity contribution in [1.82, 2.24) is 25.0 Å². The lowest BCUT2D eigenvalue weighted by Crippen LogP contribution is -2.11. The maximum atomic E-state index is 6.11. The molecule has 2 N–H and O–H groups in total. The first kappa shape index (κ1) is 17.3. The van der Waals surface area contributed by atoms with Gasteiger partial charge in [-0.3, -0.25) is 0 Å². The SMILES string of the molecule is COc1ccc(-c2nnc(SCc3nc(CC(C)C)no3)n2N)cc1. The molecule has 0 aliphatic carbocycles. The number of nitrogens with zero attached hydrogens (tertiary/aromatic N) is 5. The lowest BCUT2D eigenvalue weighted by atomic mass is 10.1. The first-order valence-electron chi connectivity index (χ1n) is 7.86. The highest BCUT2D eigenvalue weighted by Crippen LogP contribution is 2.25. The molecule has 0 spiro atoms. The van der Waals surface area contributed by atoms with Crippen LogP contribution in [0.2, 0.25) is 0 Å². The molecule has 0 aliphatic heterocycles. The summed E-state index contributed by atoms with van der Waals surface area (Å²) in [7, 11) is 1.62. The topological polar surface area (TPSA) is 105 Å². The number of benzene rings is 1. The molecule has 3 rings (SSSR count). The Hall–Kier alpha value is -2.55. The van der Waals surface area contributed by atoms with Gasteiger partial charge in [0.25, 0.3) is 0 Å². The van der Waals surface area contributed by atoms with Crippen molar-refractivity contribution >= 4 is 11.8 Å². The van der Waals surface area contributed by atoms with Gasteiger partial charge < -0.3 is 15.1 Å². The van der Waals surface area contributed by atoms with Crippen molar-refractivity contribution in [3.8, 4) is 17.1 Å². The Morgan fingerprint density at radius 3 is 2.68 bits per heavy atom. The summed E-state index contributed by atoms with van der Waals surface area (Å²) in [5, 5.41) is 12.8. The van der Waals surface area contributed by atoms with E-state index in [0.29, 0.717) is 28.5 Å². The van der Waals surface area contributed by atoms with Crippen LogP contribution in [-0.4, -0.2) is 32.1 Å². The van der Waals surface area contributed by atoms with E-state index in [4.69, 9.17) is 15.1 Å². The van der Waals surface area contributed by atoms with Gasteiger partial charge in [0, 0.05) is 12.0 Å². The number of nitrogen functional groups attached to an aromatic ring is 1. The largest absolute Gasteiger partial charge is 0.497 e. The number of rotatable bonds is 7. The summed E-state index contributed by atoms with van der Waals surface area (Å²) < 4.78 is 11.9. The molecule has 0 saturated carbocycles. The number of hydrogen-bond donors (Lipinski definition) is 1. The number of hydrogen-bond acceptors (Lipinski definition) is 8. The molecule has 132 valence electrons. The van der Waals surface area contributed by atoms with E-state index >= 15 is 0 Å². The minimum absolute atomic E-state index is 0.484. The maximum Gasteiger partial charge on any atom is 0.237 e. The molecule has 0 amide bonds. The van der Waals surface area contributed by atoms with E-state index in [1.165, 1.54) is 16.4 Å². The second-order valence-electron chi connectivity index (χ2n) is 5.90. The predicted octanol–water partition coefficient (Wildman–Crippen LogP) is 2.54. The summed E-state index contributed by atoms with van der Waals surface area (Å²) >= 11 is 1.40. The molecule has 8 nitrogen and oxygen atoms in total. The van der Waals surface area contributed by atoms with Crippen molar-refractivity contribution < 1.29 is 9.26 Å². The summed E-state index contributed by atoms with van der Waals surface area (Å²) in [4.78, 5) is 4.37. The summed E-state index contributed by atoms with van der Waals surface area (Å²) in [6.45, 7) is 4.23. The molecule has 2 aromatic heterocycles. The number of ether oxygens (including phenoxy) is 1. The Morgan fingerprint density at radius 2 is 2.00 bits per heavy atom. The predicted molar refractivity (Wildman–Crippen MR) is 94.6 cm³/mol. The highest BCUT2D eigenvalue weighted by atomic mass is 32.2. The average Bonchev–Trinajstić information content (AvgIpc) is 3.19. The lowest BCUT2D eigenvalue weighted by molar-refractivity contribution is 0.382. The van der Waals surface area contributed by atoms with Gasteiger partial charge in [0.15, 0.2) is 11.6 Å². The standard InChI is InChI=1S/C16H20N6O2S/c1-10(2)8-13-18-14(24-21-13)9-25-16-20-19-15(22(16)17)11-4-6-12(23-3)7-5-11/h4-7,10H,8-9,17H2,1-3H3. The van der Waals surface area contributed by atoms with Crippen molar-refractivity contribution in [3.63, 3.8) is 0 Å². The van der Waals surface area contributed by atoms with Crippen LogP contribution in [0.4, 0.5) is 0 Å². The van der Waals surface area contributed by atoms with Crippen LogP contribution >= 0.6 is 11.8 Å². The van der Waals surface area contributed by atoms with Gasteiger partial charge in [-0.05, 0) is 30.2 Å². The number of nitrogens with two attached hydrogens (primary N) is 1. The van der Waals surface area contributed by atoms with Crippen LogP contribution in [0.1, 0.15) is 25.6 Å². The van der Waals surface area contributed by atoms with E-state index in [0.717, 1.165) is 23.6 Å². The minimum atomic E-state index is 0.484. The van der Waals surface area contributed by atoms with Gasteiger partial charge in [-0.15, -0.1) is 10.2 Å². The zero-order valence-corrected chi connectivity index (χ0v) is 15.2. The molecule has 0 bridgehead atoms. The second-order valence-corrected chi connectivity index (χ2v) is 6.84. The summed E-state index contributed by atoms with van der Waals surface area (Å²) in [6.07, 6.45) is 0.794. The average molecular weight is 360 g/mol. The van der Waals surface area contributed by atoms with Crippen LogP contribution in [0, 0.1) is 5.92 Å². The summed E-state index contributed by atoms with van der Waals surface area (Å²) in [5.74, 6) is 9.71. The number of aromatic nitrogens is 5. The Kier molecular flexibility index (Phi) is 5.22. The van der Waals surface area contributed by atoms with Gasteiger partial charge in [0.1, 0.15) is 5.75 Å². The van der Waals surface area contributed by atoms with Gasteiger partial charge in [-0.25, -0.2) is 4.68 Å². The van der Waals surface area contributed by atoms with Crippen molar-refractivity contribution in [2.24, 2.45) is 5.92 Å². The normalized spacial score (nSPS) is 11.2. The van der Waals surface area contributed by atoms with Gasteiger partial charge in [0.2, 0.25) is 11.0 Å². The quantitative estimate of drug-likeness (QED) is 0.506. The molecule has 0 aliphatic rings. The Bertz CT molecular complexity index is 828. The third-order valence-electron chi connectivity index (χ3n) is 3.44. The smallest absolute Gasteiger partial charge is 0.237 e. The van der Waals surface area contributed by atoms with Crippen molar-refractivity contribution in [3.05, 3.63) is 36.0 Å². The van der Waals surface area contributed by atoms with Crippen molar-refractivity contribution in [2.75, 3.05) is 13.0 Å². The van der Waals surface area contributed by atoms with Crippen LogP contribution < -0.4 is 10.6 Å². The Labute approximate surface area is 149 Å². The van der Waals surface area contributed by atoms with Crippen LogP contribution in [0.15, 0.2) is 33.9 Å². The monoisotopic (exact) mass is 360 g/mol. The minimum Gasteiger partial charge on any atom is -0.497 e. The van der Waals surface area contributed by atoms with Crippen LogP contribution in [0.5, 0.6) is 5.75 Å². The summed E-state index contributed by atoms with van der Waals surface area (Å²) in [5.41, 5.74) is 0.861. The molecule has 25 heavy (non-hydrogen) atoms. The van der Waals surface area contributed by atoms with Gasteiger partial charge in [-0.1, -0.05) is 30.8 Å². The van der Waals surface area contributed by atoms with E-state index in [1.807, 2.05) is 24.3 Å². The fourth-order valence-electron chi connectivity index (χ4n) is 2.24. The molecular weight excluding hydrogens is 340 g/mol. The number of thioether (sulfide) groups is 1. The van der Waals surface area contributed by atoms with Crippen molar-refractivity contribution in [1.29, 1.82) is 0 Å². The molecule has 0 radical (unpaired) electrons. The molecular formula is C16H20N6O2S. The van der Waals surface area contributed by atoms with Gasteiger partial charge in [0.05, 0.1) is 12.9 Å².